The predicted molar refractivity (Wildman–Crippen MR) is 236 cm³/mol. The molecule has 1 unspecified atom stereocenters. The summed E-state index contributed by atoms with van der Waals surface area (Å²) >= 11 is 0. The highest BCUT2D eigenvalue weighted by Crippen LogP contribution is 2.17. The molecule has 0 fully saturated rings. The van der Waals surface area contributed by atoms with Crippen molar-refractivity contribution in [2.24, 2.45) is 5.92 Å². The molecule has 0 aromatic heterocycles. The molecular formula is C50H96O4. The second kappa shape index (κ2) is 46.1. The topological polar surface area (TPSA) is 52.6 Å². The number of carbonyl (C=O) groups is 2. The minimum absolute atomic E-state index is 0.0879. The number of hydrogen-bond acceptors (Lipinski definition) is 4. The van der Waals surface area contributed by atoms with E-state index in [-0.39, 0.29) is 18.4 Å². The zero-order valence-corrected chi connectivity index (χ0v) is 37.1. The van der Waals surface area contributed by atoms with E-state index in [1.54, 1.807) is 0 Å². The van der Waals surface area contributed by atoms with E-state index in [2.05, 4.69) is 26.8 Å². The maximum atomic E-state index is 13.1. The van der Waals surface area contributed by atoms with Gasteiger partial charge in [-0.1, -0.05) is 258 Å². The van der Waals surface area contributed by atoms with Gasteiger partial charge in [0, 0.05) is 0 Å². The van der Waals surface area contributed by atoms with Crippen molar-refractivity contribution < 1.29 is 19.1 Å². The molecule has 0 rings (SSSR count). The highest BCUT2D eigenvalue weighted by atomic mass is 16.5. The Kier molecular flexibility index (Phi) is 44.9. The SMILES string of the molecule is CCCCCCCCCCCCCCCCCC/C=C/C(CC(=O)OCCCCCCCCCCCCC)C(=O)OCCCCCCCCCCCCC. The van der Waals surface area contributed by atoms with Crippen molar-refractivity contribution in [2.75, 3.05) is 13.2 Å². The minimum atomic E-state index is -0.538. The van der Waals surface area contributed by atoms with Crippen LogP contribution in [0.4, 0.5) is 0 Å². The normalized spacial score (nSPS) is 12.1. The number of allylic oxidation sites excluding steroid dienone is 1. The Hall–Kier alpha value is -1.32. The first kappa shape index (κ1) is 52.7. The number of carbonyl (C=O) groups excluding carboxylic acids is 2. The summed E-state index contributed by atoms with van der Waals surface area (Å²) in [7, 11) is 0. The van der Waals surface area contributed by atoms with Gasteiger partial charge in [0.1, 0.15) is 0 Å². The van der Waals surface area contributed by atoms with Gasteiger partial charge in [-0.3, -0.25) is 9.59 Å². The molecular weight excluding hydrogens is 665 g/mol. The molecule has 0 heterocycles. The summed E-state index contributed by atoms with van der Waals surface area (Å²) in [6, 6.07) is 0. The molecule has 0 saturated carbocycles. The summed E-state index contributed by atoms with van der Waals surface area (Å²) < 4.78 is 11.3. The van der Waals surface area contributed by atoms with Gasteiger partial charge in [-0.25, -0.2) is 0 Å². The first-order valence-electron chi connectivity index (χ1n) is 24.6. The Labute approximate surface area is 338 Å². The van der Waals surface area contributed by atoms with Crippen LogP contribution in [0.25, 0.3) is 0 Å². The number of unbranched alkanes of at least 4 members (excludes halogenated alkanes) is 36. The quantitative estimate of drug-likeness (QED) is 0.0352. The summed E-state index contributed by atoms with van der Waals surface area (Å²) in [4.78, 5) is 25.8. The lowest BCUT2D eigenvalue weighted by Crippen LogP contribution is -2.21. The molecule has 0 aromatic carbocycles. The molecule has 0 amide bonds. The summed E-state index contributed by atoms with van der Waals surface area (Å²) in [5, 5.41) is 0. The van der Waals surface area contributed by atoms with E-state index in [1.165, 1.54) is 212 Å². The van der Waals surface area contributed by atoms with Gasteiger partial charge < -0.3 is 9.47 Å². The summed E-state index contributed by atoms with van der Waals surface area (Å²) in [5.74, 6) is -1.08. The summed E-state index contributed by atoms with van der Waals surface area (Å²) in [6.07, 6.45) is 54.9. The predicted octanol–water partition coefficient (Wildman–Crippen LogP) is 16.9. The van der Waals surface area contributed by atoms with Crippen LogP contribution in [0.15, 0.2) is 12.2 Å². The minimum Gasteiger partial charge on any atom is -0.466 e. The van der Waals surface area contributed by atoms with Crippen molar-refractivity contribution in [1.82, 2.24) is 0 Å². The van der Waals surface area contributed by atoms with E-state index < -0.39 is 5.92 Å². The van der Waals surface area contributed by atoms with Crippen LogP contribution in [-0.2, 0) is 19.1 Å². The van der Waals surface area contributed by atoms with Crippen molar-refractivity contribution in [3.63, 3.8) is 0 Å². The van der Waals surface area contributed by atoms with Gasteiger partial charge in [0.15, 0.2) is 0 Å². The molecule has 0 N–H and O–H groups in total. The van der Waals surface area contributed by atoms with Crippen molar-refractivity contribution >= 4 is 11.9 Å². The van der Waals surface area contributed by atoms with Crippen molar-refractivity contribution in [3.05, 3.63) is 12.2 Å². The molecule has 0 aliphatic rings. The maximum absolute atomic E-state index is 13.1. The molecule has 4 heteroatoms. The third-order valence-electron chi connectivity index (χ3n) is 11.3. The highest BCUT2D eigenvalue weighted by molar-refractivity contribution is 5.81. The Morgan fingerprint density at radius 2 is 0.648 bits per heavy atom. The van der Waals surface area contributed by atoms with E-state index >= 15 is 0 Å². The van der Waals surface area contributed by atoms with E-state index in [0.717, 1.165) is 38.5 Å². The van der Waals surface area contributed by atoms with E-state index in [4.69, 9.17) is 9.47 Å². The molecule has 54 heavy (non-hydrogen) atoms. The fourth-order valence-corrected chi connectivity index (χ4v) is 7.54. The number of hydrogen-bond donors (Lipinski definition) is 0. The lowest BCUT2D eigenvalue weighted by atomic mass is 10.0. The van der Waals surface area contributed by atoms with E-state index in [0.29, 0.717) is 13.2 Å². The number of ether oxygens (including phenoxy) is 2. The van der Waals surface area contributed by atoms with E-state index in [1.807, 2.05) is 6.08 Å². The number of rotatable bonds is 45. The lowest BCUT2D eigenvalue weighted by Gasteiger charge is -2.13. The Morgan fingerprint density at radius 3 is 0.981 bits per heavy atom. The molecule has 4 nitrogen and oxygen atoms in total. The van der Waals surface area contributed by atoms with Gasteiger partial charge in [-0.2, -0.15) is 0 Å². The fourth-order valence-electron chi connectivity index (χ4n) is 7.54. The average molecular weight is 761 g/mol. The largest absolute Gasteiger partial charge is 0.466 e. The second-order valence-corrected chi connectivity index (χ2v) is 16.8. The maximum Gasteiger partial charge on any atom is 0.313 e. The second-order valence-electron chi connectivity index (χ2n) is 16.8. The fraction of sp³-hybridized carbons (Fsp3) is 0.920. The first-order chi connectivity index (χ1) is 26.7. The van der Waals surface area contributed by atoms with Gasteiger partial charge in [-0.05, 0) is 25.7 Å². The van der Waals surface area contributed by atoms with Crippen molar-refractivity contribution in [3.8, 4) is 0 Å². The summed E-state index contributed by atoms with van der Waals surface area (Å²) in [6.45, 7) is 7.74. The molecule has 0 aliphatic carbocycles. The smallest absolute Gasteiger partial charge is 0.313 e. The van der Waals surface area contributed by atoms with Gasteiger partial charge >= 0.3 is 11.9 Å². The van der Waals surface area contributed by atoms with Crippen LogP contribution >= 0.6 is 0 Å². The van der Waals surface area contributed by atoms with Crippen molar-refractivity contribution in [1.29, 1.82) is 0 Å². The molecule has 320 valence electrons. The molecule has 0 bridgehead atoms. The van der Waals surface area contributed by atoms with Crippen LogP contribution < -0.4 is 0 Å². The van der Waals surface area contributed by atoms with Crippen LogP contribution in [0.3, 0.4) is 0 Å². The average Bonchev–Trinajstić information content (AvgIpc) is 3.17. The summed E-state index contributed by atoms with van der Waals surface area (Å²) in [5.41, 5.74) is 0. The third-order valence-corrected chi connectivity index (χ3v) is 11.3. The molecule has 0 aromatic rings. The van der Waals surface area contributed by atoms with Crippen LogP contribution in [0.5, 0.6) is 0 Å². The highest BCUT2D eigenvalue weighted by Gasteiger charge is 2.21. The molecule has 0 spiro atoms. The Balaban J connectivity index is 4.25. The first-order valence-corrected chi connectivity index (χ1v) is 24.6. The van der Waals surface area contributed by atoms with Gasteiger partial charge in [-0.15, -0.1) is 0 Å². The van der Waals surface area contributed by atoms with Crippen LogP contribution in [0.2, 0.25) is 0 Å². The van der Waals surface area contributed by atoms with Crippen molar-refractivity contribution in [2.45, 2.75) is 278 Å². The van der Waals surface area contributed by atoms with E-state index in [9.17, 15) is 9.59 Å². The standard InChI is InChI=1S/C50H96O4/c1-4-7-10-13-16-19-22-23-24-25-26-27-28-29-32-35-38-41-44-48(50(52)54-46-43-40-37-34-31-21-18-15-12-9-6-3)47-49(51)53-45-42-39-36-33-30-20-17-14-11-8-5-2/h41,44,48H,4-40,42-43,45-47H2,1-3H3/b44-41+. The van der Waals surface area contributed by atoms with Gasteiger partial charge in [0.2, 0.25) is 0 Å². The monoisotopic (exact) mass is 761 g/mol. The van der Waals surface area contributed by atoms with Gasteiger partial charge in [0.25, 0.3) is 0 Å². The lowest BCUT2D eigenvalue weighted by molar-refractivity contribution is -0.153. The van der Waals surface area contributed by atoms with Crippen LogP contribution in [0.1, 0.15) is 278 Å². The van der Waals surface area contributed by atoms with Crippen LogP contribution in [0, 0.1) is 5.92 Å². The third kappa shape index (κ3) is 41.8. The zero-order chi connectivity index (χ0) is 39.3. The van der Waals surface area contributed by atoms with Crippen LogP contribution in [-0.4, -0.2) is 25.2 Å². The number of esters is 2. The Morgan fingerprint density at radius 1 is 0.370 bits per heavy atom. The molecule has 1 atom stereocenters. The van der Waals surface area contributed by atoms with Gasteiger partial charge in [0.05, 0.1) is 25.6 Å². The molecule has 0 radical (unpaired) electrons. The Bertz CT molecular complexity index is 777. The zero-order valence-electron chi connectivity index (χ0n) is 37.1. The molecule has 0 aliphatic heterocycles. The molecule has 0 saturated heterocycles.